The van der Waals surface area contributed by atoms with Gasteiger partial charge in [0.15, 0.2) is 17.1 Å². The molecule has 2 aromatic heterocycles. The number of nitrogens with zero attached hydrogens (tertiary/aromatic N) is 7. The highest BCUT2D eigenvalue weighted by atomic mass is 19.4. The largest absolute Gasteiger partial charge is 0.417 e. The molecule has 0 saturated heterocycles. The molecule has 77 heavy (non-hydrogen) atoms. The third-order valence-electron chi connectivity index (χ3n) is 14.4. The zero-order chi connectivity index (χ0) is 53.1. The van der Waals surface area contributed by atoms with E-state index in [-0.39, 0.29) is 22.5 Å². The van der Waals surface area contributed by atoms with Crippen LogP contribution in [-0.2, 0) is 6.18 Å². The van der Waals surface area contributed by atoms with E-state index in [1.54, 1.807) is 73.7 Å². The first-order valence-corrected chi connectivity index (χ1v) is 24.3. The topological polar surface area (TPSA) is 51.1 Å². The van der Waals surface area contributed by atoms with Crippen LogP contribution in [0.5, 0.6) is 0 Å². The highest BCUT2D eigenvalue weighted by Gasteiger charge is 2.36. The Morgan fingerprint density at radius 2 is 0.805 bits per heavy atom. The number of halogens is 3. The van der Waals surface area contributed by atoms with Gasteiger partial charge < -0.3 is 9.13 Å². The predicted molar refractivity (Wildman–Crippen MR) is 302 cm³/mol. The van der Waals surface area contributed by atoms with Gasteiger partial charge >= 0.3 is 6.18 Å². The number of hydrogen-bond acceptors (Lipinski definition) is 1. The molecule has 0 aliphatic carbocycles. The number of hydrogen-bond donors (Lipinski definition) is 0. The zero-order valence-corrected chi connectivity index (χ0v) is 40.8. The van der Waals surface area contributed by atoms with E-state index < -0.39 is 11.7 Å². The molecule has 10 heteroatoms. The van der Waals surface area contributed by atoms with Crippen molar-refractivity contribution in [1.29, 1.82) is 5.26 Å². The van der Waals surface area contributed by atoms with Crippen LogP contribution in [0.2, 0.25) is 0 Å². The molecule has 0 N–H and O–H groups in total. The van der Waals surface area contributed by atoms with Crippen LogP contribution in [0.3, 0.4) is 0 Å². The molecule has 12 rings (SSSR count). The molecular formula is C67H36F3N7. The third kappa shape index (κ3) is 7.97. The number of aryl methyl sites for hydroxylation is 1. The predicted octanol–water partition coefficient (Wildman–Crippen LogP) is 19.6. The lowest BCUT2D eigenvalue weighted by molar-refractivity contribution is -0.137. The van der Waals surface area contributed by atoms with E-state index in [4.69, 9.17) is 19.7 Å². The van der Waals surface area contributed by atoms with Crippen molar-refractivity contribution in [3.05, 3.63) is 263 Å². The van der Waals surface area contributed by atoms with E-state index in [0.29, 0.717) is 44.9 Å². The Morgan fingerprint density at radius 3 is 1.17 bits per heavy atom. The minimum atomic E-state index is -4.75. The van der Waals surface area contributed by atoms with E-state index in [9.17, 15) is 11.8 Å². The second-order valence-electron chi connectivity index (χ2n) is 18.7. The van der Waals surface area contributed by atoms with Gasteiger partial charge in [0.05, 0.1) is 76.9 Å². The minimum absolute atomic E-state index is 0.0438. The maximum Gasteiger partial charge on any atom is 0.417 e. The molecule has 0 bridgehead atoms. The molecule has 2 heterocycles. The molecule has 360 valence electrons. The summed E-state index contributed by atoms with van der Waals surface area (Å²) in [5.74, 6) is 0. The summed E-state index contributed by atoms with van der Waals surface area (Å²) < 4.78 is 50.4. The summed E-state index contributed by atoms with van der Waals surface area (Å²) in [5.41, 5.74) is 12.4. The summed E-state index contributed by atoms with van der Waals surface area (Å²) in [6, 6.07) is 63.2. The number of nitriles is 1. The van der Waals surface area contributed by atoms with Crippen LogP contribution < -0.4 is 0 Å². The molecule has 0 amide bonds. The van der Waals surface area contributed by atoms with E-state index in [1.807, 2.05) is 118 Å². The fourth-order valence-electron chi connectivity index (χ4n) is 10.7. The van der Waals surface area contributed by atoms with Crippen LogP contribution >= 0.6 is 0 Å². The average molecular weight is 996 g/mol. The van der Waals surface area contributed by atoms with Gasteiger partial charge in [-0.3, -0.25) is 0 Å². The van der Waals surface area contributed by atoms with Gasteiger partial charge in [0.1, 0.15) is 0 Å². The molecule has 0 atom stereocenters. The van der Waals surface area contributed by atoms with E-state index >= 15 is 13.2 Å². The van der Waals surface area contributed by atoms with Crippen molar-refractivity contribution in [3.8, 4) is 73.1 Å². The van der Waals surface area contributed by atoms with E-state index in [1.165, 1.54) is 6.07 Å². The fourth-order valence-corrected chi connectivity index (χ4v) is 10.7. The van der Waals surface area contributed by atoms with Gasteiger partial charge in [-0.05, 0) is 141 Å². The van der Waals surface area contributed by atoms with Crippen molar-refractivity contribution in [2.75, 3.05) is 0 Å². The van der Waals surface area contributed by atoms with Crippen LogP contribution in [0.1, 0.15) is 16.7 Å². The van der Waals surface area contributed by atoms with Crippen LogP contribution in [-0.4, -0.2) is 9.13 Å². The van der Waals surface area contributed by atoms with E-state index in [0.717, 1.165) is 83.2 Å². The molecule has 0 fully saturated rings. The van der Waals surface area contributed by atoms with Crippen molar-refractivity contribution in [2.24, 2.45) is 0 Å². The lowest BCUT2D eigenvalue weighted by Crippen LogP contribution is -2.10. The third-order valence-corrected chi connectivity index (χ3v) is 14.4. The van der Waals surface area contributed by atoms with Crippen LogP contribution in [0.25, 0.3) is 130 Å². The Kier molecular flexibility index (Phi) is 11.3. The normalized spacial score (nSPS) is 11.3. The first-order valence-electron chi connectivity index (χ1n) is 24.3. The molecule has 0 aliphatic rings. The highest BCUT2D eigenvalue weighted by Crippen LogP contribution is 2.50. The number of benzene rings is 10. The van der Waals surface area contributed by atoms with E-state index in [2.05, 4.69) is 37.6 Å². The van der Waals surface area contributed by atoms with Gasteiger partial charge in [0.2, 0.25) is 5.69 Å². The fraction of sp³-hybridized carbons (Fsp3) is 0.0299. The molecule has 0 aliphatic heterocycles. The SMILES string of the molecule is [C-]#[N+]c1ccc(-c2ccc3c(c2)c2cc(-c4ccc(C#N)cc4)ccc2n3-c2ccc(-c3c(C)cccc3C(F)(F)F)c(-n3c4ccc(-c5ccc([N+]#[C-])cc5)cc4c4cc(-c5ccc([N+]#[C-])cc5)ccc43)c2[N+]#[C-])cc1. The molecule has 10 aromatic carbocycles. The Hall–Kier alpha value is -11.0. The number of rotatable bonds is 7. The zero-order valence-electron chi connectivity index (χ0n) is 40.8. The molecule has 0 spiro atoms. The van der Waals surface area contributed by atoms with Gasteiger partial charge in [-0.25, -0.2) is 19.4 Å². The van der Waals surface area contributed by atoms with Crippen molar-refractivity contribution < 1.29 is 13.2 Å². The van der Waals surface area contributed by atoms with Crippen molar-refractivity contribution in [1.82, 2.24) is 9.13 Å². The number of aromatic nitrogens is 2. The van der Waals surface area contributed by atoms with Crippen molar-refractivity contribution in [3.63, 3.8) is 0 Å². The second-order valence-corrected chi connectivity index (χ2v) is 18.7. The summed E-state index contributed by atoms with van der Waals surface area (Å²) >= 11 is 0. The maximum absolute atomic E-state index is 15.5. The first-order chi connectivity index (χ1) is 37.5. The average Bonchev–Trinajstić information content (AvgIpc) is 3.99. The van der Waals surface area contributed by atoms with Gasteiger partial charge in [0, 0.05) is 21.5 Å². The second kappa shape index (κ2) is 18.5. The molecule has 0 unspecified atom stereocenters. The summed E-state index contributed by atoms with van der Waals surface area (Å²) in [5, 5.41) is 12.8. The monoisotopic (exact) mass is 995 g/mol. The smallest absolute Gasteiger partial charge is 0.319 e. The number of alkyl halides is 3. The summed E-state index contributed by atoms with van der Waals surface area (Å²) in [7, 11) is 0. The van der Waals surface area contributed by atoms with Crippen LogP contribution in [0.4, 0.5) is 35.9 Å². The van der Waals surface area contributed by atoms with Gasteiger partial charge in [0.25, 0.3) is 0 Å². The molecular weight excluding hydrogens is 960 g/mol. The summed E-state index contributed by atoms with van der Waals surface area (Å²) in [4.78, 5) is 15.1. The molecule has 12 aromatic rings. The first kappa shape index (κ1) is 47.1. The Balaban J connectivity index is 1.19. The Labute approximate surface area is 440 Å². The van der Waals surface area contributed by atoms with Crippen molar-refractivity contribution >= 4 is 66.4 Å². The summed E-state index contributed by atoms with van der Waals surface area (Å²) in [6.07, 6.45) is -4.75. The quantitative estimate of drug-likeness (QED) is 0.147. The Morgan fingerprint density at radius 1 is 0.429 bits per heavy atom. The van der Waals surface area contributed by atoms with Gasteiger partial charge in [-0.2, -0.15) is 18.4 Å². The van der Waals surface area contributed by atoms with Crippen molar-refractivity contribution in [2.45, 2.75) is 13.1 Å². The standard InChI is InChI=1S/C67H36F3N7/c1-40-7-6-8-58(67(68,69)70)64(40)53-29-34-63(76-59-30-19-46(42-11-9-41(39-71)10-12-42)35-54(59)55-36-47(20-31-60(55)76)43-13-23-50(72-2)24-14-43)65(75-5)66(53)77-61-32-21-48(44-15-25-51(73-3)26-16-44)37-56(61)57-38-49(22-33-62(57)77)45-17-27-52(74-4)28-18-45/h6-38H,1H3. The summed E-state index contributed by atoms with van der Waals surface area (Å²) in [6.45, 7) is 33.5. The van der Waals surface area contributed by atoms with Gasteiger partial charge in [-0.15, -0.1) is 0 Å². The lowest BCUT2D eigenvalue weighted by Gasteiger charge is -2.23. The lowest BCUT2D eigenvalue weighted by atomic mass is 9.92. The minimum Gasteiger partial charge on any atom is -0.319 e. The van der Waals surface area contributed by atoms with Crippen LogP contribution in [0.15, 0.2) is 200 Å². The molecule has 7 nitrogen and oxygen atoms in total. The molecule has 0 saturated carbocycles. The molecule has 0 radical (unpaired) electrons. The maximum atomic E-state index is 15.5. The van der Waals surface area contributed by atoms with Crippen LogP contribution in [0, 0.1) is 44.5 Å². The number of fused-ring (bicyclic) bond motifs is 6. The van der Waals surface area contributed by atoms with Gasteiger partial charge in [-0.1, -0.05) is 127 Å². The highest BCUT2D eigenvalue weighted by molar-refractivity contribution is 6.15. The Bertz CT molecular complexity index is 4410.